The van der Waals surface area contributed by atoms with Crippen molar-refractivity contribution in [2.75, 3.05) is 11.9 Å². The highest BCUT2D eigenvalue weighted by Crippen LogP contribution is 2.32. The van der Waals surface area contributed by atoms with E-state index in [9.17, 15) is 4.79 Å². The van der Waals surface area contributed by atoms with E-state index in [1.54, 1.807) is 6.07 Å². The fourth-order valence-electron chi connectivity index (χ4n) is 2.44. The quantitative estimate of drug-likeness (QED) is 0.819. The van der Waals surface area contributed by atoms with Crippen LogP contribution in [0.25, 0.3) is 0 Å². The van der Waals surface area contributed by atoms with Gasteiger partial charge in [-0.05, 0) is 54.2 Å². The highest BCUT2D eigenvalue weighted by Gasteiger charge is 2.19. The number of hydrogen-bond donors (Lipinski definition) is 1. The van der Waals surface area contributed by atoms with Crippen LogP contribution in [0.15, 0.2) is 36.4 Å². The average molecular weight is 346 g/mol. The molecule has 0 aromatic heterocycles. The van der Waals surface area contributed by atoms with Gasteiger partial charge < -0.3 is 10.1 Å². The van der Waals surface area contributed by atoms with Crippen molar-refractivity contribution < 1.29 is 9.53 Å². The minimum absolute atomic E-state index is 0.0432. The van der Waals surface area contributed by atoms with Crippen LogP contribution in [0, 0.1) is 13.8 Å². The number of amides is 1. The van der Waals surface area contributed by atoms with Crippen LogP contribution in [0.1, 0.15) is 37.5 Å². The Labute approximate surface area is 149 Å². The van der Waals surface area contributed by atoms with Crippen LogP contribution >= 0.6 is 11.6 Å². The number of anilines is 1. The summed E-state index contributed by atoms with van der Waals surface area (Å²) in [5.74, 6) is 0.544. The SMILES string of the molecule is Cc1ccc(C(C)(C)C)c(OCC(=O)Nc2cccc(Cl)c2C)c1. The molecule has 0 heterocycles. The minimum atomic E-state index is -0.207. The highest BCUT2D eigenvalue weighted by atomic mass is 35.5. The molecule has 2 rings (SSSR count). The van der Waals surface area contributed by atoms with E-state index >= 15 is 0 Å². The van der Waals surface area contributed by atoms with E-state index in [0.717, 1.165) is 22.4 Å². The van der Waals surface area contributed by atoms with Gasteiger partial charge in [0.05, 0.1) is 0 Å². The molecule has 2 aromatic rings. The molecule has 0 aliphatic rings. The highest BCUT2D eigenvalue weighted by molar-refractivity contribution is 6.31. The minimum Gasteiger partial charge on any atom is -0.483 e. The number of hydrogen-bond acceptors (Lipinski definition) is 2. The van der Waals surface area contributed by atoms with Crippen LogP contribution in [0.5, 0.6) is 5.75 Å². The fraction of sp³-hybridized carbons (Fsp3) is 0.350. The summed E-state index contributed by atoms with van der Waals surface area (Å²) in [7, 11) is 0. The van der Waals surface area contributed by atoms with Crippen molar-refractivity contribution in [1.29, 1.82) is 0 Å². The molecule has 0 bridgehead atoms. The smallest absolute Gasteiger partial charge is 0.262 e. The maximum absolute atomic E-state index is 12.2. The summed E-state index contributed by atoms with van der Waals surface area (Å²) in [5.41, 5.74) is 3.68. The Morgan fingerprint density at radius 3 is 2.54 bits per heavy atom. The van der Waals surface area contributed by atoms with Crippen LogP contribution in [-0.2, 0) is 10.2 Å². The molecule has 2 aromatic carbocycles. The molecule has 0 radical (unpaired) electrons. The molecule has 0 saturated carbocycles. The van der Waals surface area contributed by atoms with Crippen molar-refractivity contribution in [3.05, 3.63) is 58.1 Å². The number of benzene rings is 2. The number of halogens is 1. The third kappa shape index (κ3) is 4.51. The Morgan fingerprint density at radius 1 is 1.17 bits per heavy atom. The third-order valence-electron chi connectivity index (χ3n) is 3.85. The number of ether oxygens (including phenoxy) is 1. The number of rotatable bonds is 4. The topological polar surface area (TPSA) is 38.3 Å². The fourth-order valence-corrected chi connectivity index (χ4v) is 2.62. The van der Waals surface area contributed by atoms with Crippen LogP contribution in [0.4, 0.5) is 5.69 Å². The van der Waals surface area contributed by atoms with Gasteiger partial charge in [-0.2, -0.15) is 0 Å². The number of carbonyl (C=O) groups is 1. The van der Waals surface area contributed by atoms with E-state index in [0.29, 0.717) is 10.7 Å². The Balaban J connectivity index is 2.09. The lowest BCUT2D eigenvalue weighted by atomic mass is 9.86. The molecule has 3 nitrogen and oxygen atoms in total. The Hall–Kier alpha value is -2.00. The first-order chi connectivity index (χ1) is 11.2. The summed E-state index contributed by atoms with van der Waals surface area (Å²) in [5, 5.41) is 3.47. The maximum atomic E-state index is 12.2. The first kappa shape index (κ1) is 18.3. The maximum Gasteiger partial charge on any atom is 0.262 e. The standard InChI is InChI=1S/C20H24ClNO2/c1-13-9-10-15(20(3,4)5)18(11-13)24-12-19(23)22-17-8-6-7-16(21)14(17)2/h6-11H,12H2,1-5H3,(H,22,23). The first-order valence-electron chi connectivity index (χ1n) is 7.97. The molecule has 1 N–H and O–H groups in total. The summed E-state index contributed by atoms with van der Waals surface area (Å²) in [6.07, 6.45) is 0. The van der Waals surface area contributed by atoms with Crippen LogP contribution < -0.4 is 10.1 Å². The van der Waals surface area contributed by atoms with Crippen molar-refractivity contribution in [3.63, 3.8) is 0 Å². The number of nitrogens with one attached hydrogen (secondary N) is 1. The molecule has 0 unspecified atom stereocenters. The molecular formula is C20H24ClNO2. The molecule has 4 heteroatoms. The predicted octanol–water partition coefficient (Wildman–Crippen LogP) is 5.27. The zero-order valence-electron chi connectivity index (χ0n) is 14.9. The Morgan fingerprint density at radius 2 is 1.88 bits per heavy atom. The average Bonchev–Trinajstić information content (AvgIpc) is 2.48. The molecule has 0 atom stereocenters. The second-order valence-electron chi connectivity index (χ2n) is 7.00. The summed E-state index contributed by atoms with van der Waals surface area (Å²) >= 11 is 6.08. The lowest BCUT2D eigenvalue weighted by Gasteiger charge is -2.23. The zero-order chi connectivity index (χ0) is 17.9. The first-order valence-corrected chi connectivity index (χ1v) is 8.35. The van der Waals surface area contributed by atoms with E-state index in [1.165, 1.54) is 0 Å². The molecule has 128 valence electrons. The summed E-state index contributed by atoms with van der Waals surface area (Å²) < 4.78 is 5.80. The van der Waals surface area contributed by atoms with Gasteiger partial charge in [0, 0.05) is 10.7 Å². The normalized spacial score (nSPS) is 11.2. The van der Waals surface area contributed by atoms with Gasteiger partial charge in [-0.25, -0.2) is 0 Å². The van der Waals surface area contributed by atoms with Gasteiger partial charge in [0.1, 0.15) is 5.75 Å². The number of aryl methyl sites for hydroxylation is 1. The molecule has 0 spiro atoms. The van der Waals surface area contributed by atoms with Gasteiger partial charge in [-0.3, -0.25) is 4.79 Å². The van der Waals surface area contributed by atoms with Gasteiger partial charge in [0.15, 0.2) is 6.61 Å². The van der Waals surface area contributed by atoms with Crippen molar-refractivity contribution >= 4 is 23.2 Å². The van der Waals surface area contributed by atoms with E-state index < -0.39 is 0 Å². The number of carbonyl (C=O) groups excluding carboxylic acids is 1. The van der Waals surface area contributed by atoms with Gasteiger partial charge >= 0.3 is 0 Å². The van der Waals surface area contributed by atoms with Crippen molar-refractivity contribution in [3.8, 4) is 5.75 Å². The van der Waals surface area contributed by atoms with Crippen molar-refractivity contribution in [2.24, 2.45) is 0 Å². The van der Waals surface area contributed by atoms with E-state index in [1.807, 2.05) is 32.0 Å². The zero-order valence-corrected chi connectivity index (χ0v) is 15.6. The van der Waals surface area contributed by atoms with Crippen molar-refractivity contribution in [1.82, 2.24) is 0 Å². The van der Waals surface area contributed by atoms with E-state index in [2.05, 4.69) is 38.2 Å². The molecule has 0 aliphatic carbocycles. The van der Waals surface area contributed by atoms with E-state index in [-0.39, 0.29) is 17.9 Å². The van der Waals surface area contributed by atoms with Crippen LogP contribution in [0.2, 0.25) is 5.02 Å². The van der Waals surface area contributed by atoms with Crippen LogP contribution in [-0.4, -0.2) is 12.5 Å². The third-order valence-corrected chi connectivity index (χ3v) is 4.26. The predicted molar refractivity (Wildman–Crippen MR) is 100 cm³/mol. The summed E-state index contributed by atoms with van der Waals surface area (Å²) in [4.78, 5) is 12.2. The lowest BCUT2D eigenvalue weighted by molar-refractivity contribution is -0.118. The van der Waals surface area contributed by atoms with Gasteiger partial charge in [0.25, 0.3) is 5.91 Å². The molecule has 0 aliphatic heterocycles. The molecule has 0 fully saturated rings. The summed E-state index contributed by atoms with van der Waals surface area (Å²) in [6.45, 7) is 10.2. The molecule has 0 saturated heterocycles. The monoisotopic (exact) mass is 345 g/mol. The van der Waals surface area contributed by atoms with Crippen molar-refractivity contribution in [2.45, 2.75) is 40.0 Å². The molecular weight excluding hydrogens is 322 g/mol. The second-order valence-corrected chi connectivity index (χ2v) is 7.41. The molecule has 24 heavy (non-hydrogen) atoms. The van der Waals surface area contributed by atoms with Gasteiger partial charge in [0.2, 0.25) is 0 Å². The Kier molecular flexibility index (Phi) is 5.55. The van der Waals surface area contributed by atoms with Gasteiger partial charge in [-0.1, -0.05) is 50.6 Å². The summed E-state index contributed by atoms with van der Waals surface area (Å²) in [6, 6.07) is 11.5. The Bertz CT molecular complexity index is 748. The van der Waals surface area contributed by atoms with Crippen LogP contribution in [0.3, 0.4) is 0 Å². The lowest BCUT2D eigenvalue weighted by Crippen LogP contribution is -2.22. The molecule has 1 amide bonds. The largest absolute Gasteiger partial charge is 0.483 e. The van der Waals surface area contributed by atoms with Gasteiger partial charge in [-0.15, -0.1) is 0 Å². The van der Waals surface area contributed by atoms with E-state index in [4.69, 9.17) is 16.3 Å². The second kappa shape index (κ2) is 7.27.